The van der Waals surface area contributed by atoms with Gasteiger partial charge in [0.25, 0.3) is 0 Å². The van der Waals surface area contributed by atoms with E-state index in [0.29, 0.717) is 6.61 Å². The summed E-state index contributed by atoms with van der Waals surface area (Å²) in [5, 5.41) is 3.11. The molecule has 0 aromatic heterocycles. The summed E-state index contributed by atoms with van der Waals surface area (Å²) in [7, 11) is 0. The third kappa shape index (κ3) is 2.71. The van der Waals surface area contributed by atoms with Crippen LogP contribution in [0.3, 0.4) is 0 Å². The van der Waals surface area contributed by atoms with Gasteiger partial charge in [0, 0.05) is 18.1 Å². The van der Waals surface area contributed by atoms with Crippen molar-refractivity contribution in [1.82, 2.24) is 5.32 Å². The Morgan fingerprint density at radius 1 is 1.82 bits per heavy atom. The molecule has 0 amide bonds. The highest BCUT2D eigenvalue weighted by Gasteiger charge is 2.21. The van der Waals surface area contributed by atoms with Gasteiger partial charge < -0.3 is 10.1 Å². The molecule has 1 fully saturated rings. The van der Waals surface area contributed by atoms with Crippen molar-refractivity contribution in [1.29, 1.82) is 0 Å². The maximum atomic E-state index is 11.1. The second-order valence-electron chi connectivity index (χ2n) is 2.33. The first-order chi connectivity index (χ1) is 5.34. The van der Waals surface area contributed by atoms with E-state index < -0.39 is 0 Å². The largest absolute Gasteiger partial charge is 0.465 e. The molecule has 0 spiro atoms. The Labute approximate surface area is 70.9 Å². The van der Waals surface area contributed by atoms with Crippen LogP contribution in [0.1, 0.15) is 6.92 Å². The molecule has 64 valence electrons. The number of carbonyl (C=O) groups is 1. The normalized spacial score (nSPS) is 24.6. The van der Waals surface area contributed by atoms with Crippen LogP contribution in [0, 0.1) is 0 Å². The summed E-state index contributed by atoms with van der Waals surface area (Å²) < 4.78 is 4.87. The van der Waals surface area contributed by atoms with E-state index in [-0.39, 0.29) is 12.0 Å². The van der Waals surface area contributed by atoms with Crippen molar-refractivity contribution in [3.05, 3.63) is 0 Å². The lowest BCUT2D eigenvalue weighted by Crippen LogP contribution is -2.44. The Kier molecular flexibility index (Phi) is 3.72. The number of ether oxygens (including phenoxy) is 1. The molecule has 1 N–H and O–H groups in total. The van der Waals surface area contributed by atoms with Crippen LogP contribution in [0.25, 0.3) is 0 Å². The Morgan fingerprint density at radius 2 is 2.64 bits per heavy atom. The molecule has 1 atom stereocenters. The van der Waals surface area contributed by atoms with Crippen molar-refractivity contribution in [3.8, 4) is 0 Å². The molecule has 0 saturated carbocycles. The van der Waals surface area contributed by atoms with E-state index >= 15 is 0 Å². The third-order valence-corrected chi connectivity index (χ3v) is 2.55. The standard InChI is InChI=1S/C7H13NO2S/c1-2-10-7(9)6-5-11-4-3-8-6/h6,8H,2-5H2,1H3. The quantitative estimate of drug-likeness (QED) is 0.611. The fourth-order valence-corrected chi connectivity index (χ4v) is 1.88. The molecule has 1 heterocycles. The molecular weight excluding hydrogens is 162 g/mol. The van der Waals surface area contributed by atoms with Crippen molar-refractivity contribution < 1.29 is 9.53 Å². The minimum absolute atomic E-state index is 0.0753. The van der Waals surface area contributed by atoms with Gasteiger partial charge in [-0.2, -0.15) is 11.8 Å². The first-order valence-electron chi connectivity index (χ1n) is 3.82. The van der Waals surface area contributed by atoms with Crippen LogP contribution >= 0.6 is 11.8 Å². The zero-order valence-electron chi connectivity index (χ0n) is 6.63. The molecule has 1 unspecified atom stereocenters. The van der Waals surface area contributed by atoms with Gasteiger partial charge in [0.15, 0.2) is 0 Å². The van der Waals surface area contributed by atoms with Crippen LogP contribution in [0.5, 0.6) is 0 Å². The minimum atomic E-state index is -0.111. The molecule has 1 saturated heterocycles. The molecule has 0 aromatic rings. The van der Waals surface area contributed by atoms with Crippen molar-refractivity contribution in [3.63, 3.8) is 0 Å². The summed E-state index contributed by atoms with van der Waals surface area (Å²) in [4.78, 5) is 11.1. The Bertz CT molecular complexity index is 134. The molecule has 11 heavy (non-hydrogen) atoms. The predicted molar refractivity (Wildman–Crippen MR) is 45.7 cm³/mol. The molecule has 0 radical (unpaired) electrons. The van der Waals surface area contributed by atoms with Gasteiger partial charge in [-0.25, -0.2) is 0 Å². The average Bonchev–Trinajstić information content (AvgIpc) is 2.07. The molecular formula is C7H13NO2S. The first kappa shape index (κ1) is 8.87. The van der Waals surface area contributed by atoms with Crippen LogP contribution in [0.4, 0.5) is 0 Å². The Hall–Kier alpha value is -0.220. The van der Waals surface area contributed by atoms with Gasteiger partial charge in [0.2, 0.25) is 0 Å². The van der Waals surface area contributed by atoms with E-state index in [2.05, 4.69) is 5.32 Å². The third-order valence-electron chi connectivity index (χ3n) is 1.49. The molecule has 1 aliphatic heterocycles. The lowest BCUT2D eigenvalue weighted by Gasteiger charge is -2.20. The van der Waals surface area contributed by atoms with E-state index in [1.165, 1.54) is 0 Å². The predicted octanol–water partition coefficient (Wildman–Crippen LogP) is 0.254. The SMILES string of the molecule is CCOC(=O)C1CSCCN1. The van der Waals surface area contributed by atoms with Gasteiger partial charge in [-0.15, -0.1) is 0 Å². The van der Waals surface area contributed by atoms with Crippen LogP contribution in [0.15, 0.2) is 0 Å². The van der Waals surface area contributed by atoms with Gasteiger partial charge in [-0.1, -0.05) is 0 Å². The van der Waals surface area contributed by atoms with Crippen LogP contribution in [-0.4, -0.2) is 36.7 Å². The Morgan fingerprint density at radius 3 is 3.18 bits per heavy atom. The summed E-state index contributed by atoms with van der Waals surface area (Å²) in [6.45, 7) is 3.21. The topological polar surface area (TPSA) is 38.3 Å². The molecule has 0 aliphatic carbocycles. The fraction of sp³-hybridized carbons (Fsp3) is 0.857. The summed E-state index contributed by atoms with van der Waals surface area (Å²) in [5.41, 5.74) is 0. The maximum absolute atomic E-state index is 11.1. The summed E-state index contributed by atoms with van der Waals surface area (Å²) >= 11 is 1.79. The zero-order chi connectivity index (χ0) is 8.10. The van der Waals surface area contributed by atoms with Gasteiger partial charge in [0.05, 0.1) is 6.61 Å². The van der Waals surface area contributed by atoms with E-state index in [4.69, 9.17) is 4.74 Å². The average molecular weight is 175 g/mol. The van der Waals surface area contributed by atoms with Crippen LogP contribution in [0.2, 0.25) is 0 Å². The van der Waals surface area contributed by atoms with Gasteiger partial charge in [-0.05, 0) is 6.92 Å². The number of carbonyl (C=O) groups excluding carboxylic acids is 1. The van der Waals surface area contributed by atoms with E-state index in [9.17, 15) is 4.79 Å². The molecule has 0 aromatic carbocycles. The number of hydrogen-bond donors (Lipinski definition) is 1. The first-order valence-corrected chi connectivity index (χ1v) is 4.98. The second kappa shape index (κ2) is 4.62. The van der Waals surface area contributed by atoms with Gasteiger partial charge in [0.1, 0.15) is 6.04 Å². The van der Waals surface area contributed by atoms with Crippen LogP contribution in [-0.2, 0) is 9.53 Å². The highest BCUT2D eigenvalue weighted by atomic mass is 32.2. The Balaban J connectivity index is 2.27. The second-order valence-corrected chi connectivity index (χ2v) is 3.48. The summed E-state index contributed by atoms with van der Waals surface area (Å²) in [6, 6.07) is -0.0753. The van der Waals surface area contributed by atoms with E-state index in [1.807, 2.05) is 6.92 Å². The lowest BCUT2D eigenvalue weighted by atomic mass is 10.3. The van der Waals surface area contributed by atoms with Gasteiger partial charge >= 0.3 is 5.97 Å². The number of rotatable bonds is 2. The van der Waals surface area contributed by atoms with E-state index in [0.717, 1.165) is 18.1 Å². The monoisotopic (exact) mass is 175 g/mol. The highest BCUT2D eigenvalue weighted by molar-refractivity contribution is 7.99. The van der Waals surface area contributed by atoms with Gasteiger partial charge in [-0.3, -0.25) is 4.79 Å². The fourth-order valence-electron chi connectivity index (χ4n) is 0.960. The molecule has 1 rings (SSSR count). The van der Waals surface area contributed by atoms with E-state index in [1.54, 1.807) is 11.8 Å². The molecule has 1 aliphatic rings. The number of esters is 1. The molecule has 4 heteroatoms. The zero-order valence-corrected chi connectivity index (χ0v) is 7.45. The highest BCUT2D eigenvalue weighted by Crippen LogP contribution is 2.08. The summed E-state index contributed by atoms with van der Waals surface area (Å²) in [6.07, 6.45) is 0. The molecule has 3 nitrogen and oxygen atoms in total. The molecule has 0 bridgehead atoms. The smallest absolute Gasteiger partial charge is 0.323 e. The minimum Gasteiger partial charge on any atom is -0.465 e. The van der Waals surface area contributed by atoms with Crippen molar-refractivity contribution in [2.45, 2.75) is 13.0 Å². The maximum Gasteiger partial charge on any atom is 0.323 e. The number of nitrogens with one attached hydrogen (secondary N) is 1. The summed E-state index contributed by atoms with van der Waals surface area (Å²) in [5.74, 6) is 1.83. The number of hydrogen-bond acceptors (Lipinski definition) is 4. The number of thioether (sulfide) groups is 1. The van der Waals surface area contributed by atoms with Crippen molar-refractivity contribution in [2.75, 3.05) is 24.7 Å². The van der Waals surface area contributed by atoms with Crippen LogP contribution < -0.4 is 5.32 Å². The van der Waals surface area contributed by atoms with Crippen molar-refractivity contribution in [2.24, 2.45) is 0 Å². The van der Waals surface area contributed by atoms with Crippen molar-refractivity contribution >= 4 is 17.7 Å². The lowest BCUT2D eigenvalue weighted by molar-refractivity contribution is -0.145.